The van der Waals surface area contributed by atoms with Gasteiger partial charge in [-0.05, 0) is 183 Å². The molecule has 18 rings (SSSR count). The van der Waals surface area contributed by atoms with Crippen LogP contribution in [0.1, 0.15) is 159 Å². The number of halogens is 12. The number of amides is 3. The molecule has 6 aliphatic carbocycles. The molecule has 9 heterocycles. The van der Waals surface area contributed by atoms with Crippen molar-refractivity contribution in [2.75, 3.05) is 106 Å². The monoisotopic (exact) mass is 2950 g/mol. The number of carbonyl (C=O) groups is 3. The number of fused-ring (bicyclic) bond motifs is 2. The number of likely N-dealkylation sites (tertiary alicyclic amines) is 4. The van der Waals surface area contributed by atoms with Gasteiger partial charge in [0.15, 0.2) is 12.5 Å². The number of nitrogens with one attached hydrogen (secondary N) is 1. The van der Waals surface area contributed by atoms with Crippen LogP contribution in [0.5, 0.6) is 0 Å². The maximum absolute atomic E-state index is 12.4. The van der Waals surface area contributed by atoms with Crippen molar-refractivity contribution in [3.8, 4) is 0 Å². The Labute approximate surface area is 818 Å². The summed E-state index contributed by atoms with van der Waals surface area (Å²) in [5, 5.41) is 30.4. The minimum absolute atomic E-state index is 0. The van der Waals surface area contributed by atoms with Crippen molar-refractivity contribution in [2.45, 2.75) is 191 Å². The number of nitrogens with zero attached hydrogens (tertiary/aromatic N) is 7. The van der Waals surface area contributed by atoms with Crippen molar-refractivity contribution in [3.63, 3.8) is 0 Å². The fourth-order valence-electron chi connectivity index (χ4n) is 16.7. The number of aliphatic hydroxyl groups is 3. The molecule has 15 aliphatic rings. The minimum atomic E-state index is -0.278. The number of likely N-dealkylation sites (N-methyl/N-ethyl adjacent to an activating group) is 3. The number of ether oxygens (including phenoxy) is 2. The first kappa shape index (κ1) is 105. The Bertz CT molecular complexity index is 3130. The molecule has 9 saturated heterocycles. The summed E-state index contributed by atoms with van der Waals surface area (Å²) in [6.45, 7) is 13.3. The second-order valence-electron chi connectivity index (χ2n) is 31.1. The molecule has 9 atom stereocenters. The summed E-state index contributed by atoms with van der Waals surface area (Å²) in [5.74, 6) is 0.616. The summed E-state index contributed by atoms with van der Waals surface area (Å²) >= 11 is 27.9. The van der Waals surface area contributed by atoms with Gasteiger partial charge in [0.05, 0.1) is 71.0 Å². The Balaban J connectivity index is 0.000000221. The van der Waals surface area contributed by atoms with E-state index in [9.17, 15) is 19.5 Å². The van der Waals surface area contributed by atoms with E-state index in [-0.39, 0.29) is 66.1 Å². The Kier molecular flexibility index (Phi) is 50.5. The van der Waals surface area contributed by atoms with Crippen molar-refractivity contribution in [1.82, 2.24) is 34.7 Å². The van der Waals surface area contributed by atoms with E-state index in [1.165, 1.54) is 99.1 Å². The van der Waals surface area contributed by atoms with Gasteiger partial charge in [-0.1, -0.05) is 263 Å². The topological polar surface area (TPSA) is 200 Å². The van der Waals surface area contributed by atoms with Crippen LogP contribution >= 0.6 is 267 Å². The Hall–Kier alpha value is 5.44. The second kappa shape index (κ2) is 52.4. The molecule has 0 bridgehead atoms. The third-order valence-corrected chi connectivity index (χ3v) is 23.7. The fraction of sp³-hybridized carbons (Fsp3) is 0.701. The first-order chi connectivity index (χ1) is 51.7. The third kappa shape index (κ3) is 32.7. The van der Waals surface area contributed by atoms with Crippen LogP contribution < -0.4 is 11.1 Å². The molecule has 9 aliphatic heterocycles. The van der Waals surface area contributed by atoms with Gasteiger partial charge in [-0.3, -0.25) is 19.1 Å². The Morgan fingerprint density at radius 2 is 0.991 bits per heavy atom. The number of hydrogen-bond acceptors (Lipinski definition) is 14. The van der Waals surface area contributed by atoms with Crippen LogP contribution in [0.4, 0.5) is 0 Å². The van der Waals surface area contributed by atoms with Crippen LogP contribution in [-0.2, 0) is 44.8 Å². The molecule has 6 spiro atoms. The van der Waals surface area contributed by atoms with Gasteiger partial charge in [0, 0.05) is 86.6 Å². The molecule has 0 aromatic heterocycles. The standard InChI is InChI=1S/C14H15NO2.C14H17NO2.C13H13NO2.C8H15N2P.C8H16N2.C8H15NO.C7H13NO.CHI3.CH2I2.2CH3I.CH4.5HI.2V/c16-13-14(6-7-14)8-11-9-17-12(15(11)13)10-4-2-1-3-5-10;16-10-12-8-14(6-7-14)13(17)15(12)9-11-4-2-1-3-5-11;1-9-7-11-8-16-13(14(11)12(9)15)10-5-3-2-4-6-10;1-10-6-8(2-3-8)4-7(10)5-9-11;1-10-6-8(2-3-8)4-7(10)5-9;1-9-6-8(2-3-8)4-7(9)5-10;9-4-6-3-7(1-2-7)5-8-6;2-1(3)4;2-1-3;2*1-2;;;;;;;;/h1-5,11-12H,6-9H2;1-5,12,16H,6-10H2;2-6,11,13H,1,7-8H2;7,11H,2-6H2,1H3;7H,2-6,9H2,1H3;7,10H,2-6H2,1H3;6,8-9H,1-5H2;1H;1H2;2*1H3;1H4;5*1H;;/q;;;;;;;;;;;;;;;;;+2;+3/p-5/t11-,12+;12-;11-,13+;3*7-;6-;;;;;;;;;;;;/m0000000............/s1. The van der Waals surface area contributed by atoms with Crippen LogP contribution in [0.15, 0.2) is 108 Å². The molecular formula is C77H117I12N9O8PV2. The molecule has 15 fully saturated rings. The fourth-order valence-corrected chi connectivity index (χ4v) is 16.9. The van der Waals surface area contributed by atoms with Crippen molar-refractivity contribution in [1.29, 1.82) is 0 Å². The molecule has 6 saturated carbocycles. The van der Waals surface area contributed by atoms with E-state index in [1.54, 1.807) is 0 Å². The first-order valence-corrected chi connectivity index (χ1v) is 71.0. The van der Waals surface area contributed by atoms with Crippen molar-refractivity contribution in [2.24, 2.45) is 43.0 Å². The predicted molar refractivity (Wildman–Crippen MR) is 546 cm³/mol. The average molecular weight is 2950 g/mol. The Morgan fingerprint density at radius 3 is 1.36 bits per heavy atom. The van der Waals surface area contributed by atoms with Gasteiger partial charge < -0.3 is 65.2 Å². The first-order valence-electron chi connectivity index (χ1n) is 36.9. The van der Waals surface area contributed by atoms with E-state index in [0.717, 1.165) is 92.0 Å². The zero-order valence-electron chi connectivity index (χ0n) is 62.8. The van der Waals surface area contributed by atoms with Gasteiger partial charge in [0.25, 0.3) is 5.91 Å². The molecule has 6 N–H and O–H groups in total. The summed E-state index contributed by atoms with van der Waals surface area (Å²) in [7, 11) is 10.4. The molecule has 617 valence electrons. The van der Waals surface area contributed by atoms with Crippen LogP contribution in [0.25, 0.3) is 0 Å². The molecular weight excluding hydrogens is 2830 g/mol. The summed E-state index contributed by atoms with van der Waals surface area (Å²) in [6.07, 6.45) is 23.0. The van der Waals surface area contributed by atoms with Crippen molar-refractivity contribution in [3.05, 3.63) is 120 Å². The van der Waals surface area contributed by atoms with E-state index in [4.69, 9.17) is 25.4 Å². The molecule has 32 heteroatoms. The second-order valence-corrected chi connectivity index (χ2v) is 93.9. The number of alkyl halides is 7. The molecule has 0 unspecified atom stereocenters. The zero-order valence-corrected chi connectivity index (χ0v) is 92.5. The number of carbonyl (C=O) groups excluding carboxylic acids is 3. The zero-order chi connectivity index (χ0) is 79.6. The molecule has 109 heavy (non-hydrogen) atoms. The summed E-state index contributed by atoms with van der Waals surface area (Å²) in [5.41, 5.74) is 12.3. The van der Waals surface area contributed by atoms with Crippen LogP contribution in [0.3, 0.4) is 0 Å². The summed E-state index contributed by atoms with van der Waals surface area (Å²) in [4.78, 5) is 53.1. The number of rotatable bonds is 10. The quantitative estimate of drug-likeness (QED) is 0.0556. The predicted octanol–water partition coefficient (Wildman–Crippen LogP) is 19.9. The molecule has 3 aromatic carbocycles. The normalized spacial score (nSPS) is 27.8. The van der Waals surface area contributed by atoms with Crippen LogP contribution in [0.2, 0.25) is 0 Å². The van der Waals surface area contributed by atoms with E-state index < -0.39 is 0 Å². The van der Waals surface area contributed by atoms with E-state index in [2.05, 4.69) is 320 Å². The van der Waals surface area contributed by atoms with Crippen LogP contribution in [0, 0.1) is 32.5 Å². The van der Waals surface area contributed by atoms with E-state index in [1.807, 2.05) is 116 Å². The van der Waals surface area contributed by atoms with Gasteiger partial charge >= 0.3 is 114 Å². The molecule has 3 amide bonds. The van der Waals surface area contributed by atoms with Crippen LogP contribution in [-0.4, -0.2) is 210 Å². The molecule has 3 aromatic rings. The number of aliphatic hydroxyl groups excluding tert-OH is 3. The van der Waals surface area contributed by atoms with Gasteiger partial charge in [-0.25, -0.2) is 0 Å². The number of benzene rings is 3. The Morgan fingerprint density at radius 1 is 0.596 bits per heavy atom. The molecule has 0 radical (unpaired) electrons. The average Bonchev–Trinajstić information content (AvgIpc) is 1.55. The van der Waals surface area contributed by atoms with Crippen molar-refractivity contribution < 1.29 is 53.6 Å². The van der Waals surface area contributed by atoms with Crippen molar-refractivity contribution >= 4 is 285 Å². The van der Waals surface area contributed by atoms with Gasteiger partial charge in [0.2, 0.25) is 11.8 Å². The van der Waals surface area contributed by atoms with Gasteiger partial charge in [0.1, 0.15) is -0.0619 Å². The summed E-state index contributed by atoms with van der Waals surface area (Å²) in [6, 6.07) is 32.7. The SMILES string of the molecule is C.C=C1C[C@H]2CO[C@H](c3ccccc3)N2C1=O.CI.CI.CN1CC2(CC2)C[C@H]1CN.CN1CC2(CC2)C[C@H]1CN=P.CN1CC2(CC2)C[C@H]1CO.IC(I)I.ICI.O=C1N(Cc2ccccc2)[C@H](CO)CC12CC2.O=C1N2[C@H](CO[C@@H]2c2ccccc2)CC12CC2.OC[C@@H]1CC2(CC2)CN1.[I][V]([I])[I].[I][V][I]. The summed E-state index contributed by atoms with van der Waals surface area (Å²) < 4.78 is 17.5. The van der Waals surface area contributed by atoms with Gasteiger partial charge in [-0.15, -0.1) is 0 Å². The van der Waals surface area contributed by atoms with Gasteiger partial charge in [-0.2, -0.15) is 0 Å². The number of nitrogens with two attached hydrogens (primary N) is 1. The number of hydrogen-bond donors (Lipinski definition) is 5. The van der Waals surface area contributed by atoms with E-state index in [0.29, 0.717) is 95.0 Å². The molecule has 17 nitrogen and oxygen atoms in total. The van der Waals surface area contributed by atoms with E-state index >= 15 is 0 Å². The third-order valence-electron chi connectivity index (χ3n) is 23.5. The maximum atomic E-state index is 12.4.